The van der Waals surface area contributed by atoms with Crippen LogP contribution in [0.3, 0.4) is 0 Å². The topological polar surface area (TPSA) is 75.9 Å². The number of nitrogens with zero attached hydrogens (tertiary/aromatic N) is 3. The van der Waals surface area contributed by atoms with E-state index in [1.807, 2.05) is 13.8 Å². The van der Waals surface area contributed by atoms with Crippen LogP contribution in [0.2, 0.25) is 0 Å². The minimum Gasteiger partial charge on any atom is -0.377 e. The van der Waals surface area contributed by atoms with Crippen molar-refractivity contribution in [1.29, 1.82) is 0 Å². The maximum atomic E-state index is 14.0. The lowest BCUT2D eigenvalue weighted by molar-refractivity contribution is -0.385. The van der Waals surface area contributed by atoms with E-state index in [9.17, 15) is 19.3 Å². The van der Waals surface area contributed by atoms with Crippen LogP contribution in [-0.2, 0) is 4.74 Å². The average Bonchev–Trinajstić information content (AvgIpc) is 2.54. The van der Waals surface area contributed by atoms with Gasteiger partial charge < -0.3 is 9.64 Å². The van der Waals surface area contributed by atoms with Gasteiger partial charge in [0.1, 0.15) is 5.82 Å². The Balaban J connectivity index is 1.90. The normalized spacial score (nSPS) is 15.8. The number of carbonyl (C=O) groups excluding carboxylic acids is 1. The van der Waals surface area contributed by atoms with Crippen LogP contribution in [0.5, 0.6) is 0 Å². The van der Waals surface area contributed by atoms with Crippen molar-refractivity contribution in [3.8, 4) is 0 Å². The number of nitro groups is 1. The molecular formula is C16H22FN3O4. The molecule has 0 aliphatic carbocycles. The van der Waals surface area contributed by atoms with Gasteiger partial charge >= 0.3 is 0 Å². The lowest BCUT2D eigenvalue weighted by Crippen LogP contribution is -2.49. The molecule has 1 amide bonds. The maximum absolute atomic E-state index is 14.0. The van der Waals surface area contributed by atoms with Gasteiger partial charge in [-0.25, -0.2) is 4.39 Å². The summed E-state index contributed by atoms with van der Waals surface area (Å²) in [6, 6.07) is 3.11. The summed E-state index contributed by atoms with van der Waals surface area (Å²) in [5, 5.41) is 10.6. The van der Waals surface area contributed by atoms with Crippen molar-refractivity contribution in [3.05, 3.63) is 39.7 Å². The molecule has 0 unspecified atom stereocenters. The minimum atomic E-state index is -0.859. The number of halogens is 1. The van der Waals surface area contributed by atoms with E-state index in [1.165, 1.54) is 6.07 Å². The first kappa shape index (κ1) is 18.3. The minimum absolute atomic E-state index is 0.128. The van der Waals surface area contributed by atoms with Gasteiger partial charge in [-0.2, -0.15) is 0 Å². The zero-order valence-corrected chi connectivity index (χ0v) is 13.9. The third kappa shape index (κ3) is 4.72. The fraction of sp³-hybridized carbons (Fsp3) is 0.562. The van der Waals surface area contributed by atoms with E-state index >= 15 is 0 Å². The van der Waals surface area contributed by atoms with Gasteiger partial charge in [0.25, 0.3) is 11.6 Å². The van der Waals surface area contributed by atoms with Crippen LogP contribution in [0, 0.1) is 15.9 Å². The molecule has 0 saturated carbocycles. The van der Waals surface area contributed by atoms with Crippen LogP contribution in [-0.4, -0.2) is 66.1 Å². The molecule has 132 valence electrons. The number of carbonyl (C=O) groups is 1. The van der Waals surface area contributed by atoms with Gasteiger partial charge in [0.2, 0.25) is 0 Å². The molecule has 0 bridgehead atoms. The number of ether oxygens (including phenoxy) is 1. The Morgan fingerprint density at radius 1 is 1.33 bits per heavy atom. The molecule has 2 rings (SSSR count). The number of amides is 1. The summed E-state index contributed by atoms with van der Waals surface area (Å²) in [6.07, 6.45) is 0.193. The summed E-state index contributed by atoms with van der Waals surface area (Å²) < 4.78 is 19.5. The number of benzene rings is 1. The van der Waals surface area contributed by atoms with E-state index in [4.69, 9.17) is 4.74 Å². The highest BCUT2D eigenvalue weighted by Crippen LogP contribution is 2.18. The fourth-order valence-corrected chi connectivity index (χ4v) is 2.55. The average molecular weight is 339 g/mol. The molecule has 1 aliphatic rings. The highest BCUT2D eigenvalue weighted by molar-refractivity contribution is 5.94. The Morgan fingerprint density at radius 2 is 2.00 bits per heavy atom. The van der Waals surface area contributed by atoms with E-state index in [0.717, 1.165) is 18.7 Å². The molecule has 0 N–H and O–H groups in total. The quantitative estimate of drug-likeness (QED) is 0.585. The van der Waals surface area contributed by atoms with Gasteiger partial charge in [-0.05, 0) is 19.9 Å². The summed E-state index contributed by atoms with van der Waals surface area (Å²) in [6.45, 7) is 7.79. The third-order valence-corrected chi connectivity index (χ3v) is 3.91. The van der Waals surface area contributed by atoms with Gasteiger partial charge in [-0.15, -0.1) is 0 Å². The number of hydrogen-bond acceptors (Lipinski definition) is 5. The molecule has 7 nitrogen and oxygen atoms in total. The van der Waals surface area contributed by atoms with Crippen molar-refractivity contribution in [2.75, 3.05) is 39.3 Å². The summed E-state index contributed by atoms with van der Waals surface area (Å²) in [5.41, 5.74) is -0.490. The predicted octanol–water partition coefficient (Wildman–Crippen LogP) is 1.92. The SMILES string of the molecule is CC(C)OCCN1CCN(C(=O)c2ccc([N+](=O)[O-])cc2F)CC1. The standard InChI is InChI=1S/C16H22FN3O4/c1-12(2)24-10-9-18-5-7-19(8-6-18)16(21)14-4-3-13(20(22)23)11-15(14)17/h3-4,11-12H,5-10H2,1-2H3. The monoisotopic (exact) mass is 339 g/mol. The largest absolute Gasteiger partial charge is 0.377 e. The van der Waals surface area contributed by atoms with E-state index in [-0.39, 0.29) is 17.4 Å². The summed E-state index contributed by atoms with van der Waals surface area (Å²) >= 11 is 0. The van der Waals surface area contributed by atoms with Crippen molar-refractivity contribution < 1.29 is 18.8 Å². The van der Waals surface area contributed by atoms with Crippen molar-refractivity contribution in [1.82, 2.24) is 9.80 Å². The number of hydrogen-bond donors (Lipinski definition) is 0. The predicted molar refractivity (Wildman–Crippen MR) is 86.5 cm³/mol. The second kappa shape index (κ2) is 8.16. The number of nitro benzene ring substituents is 1. The Bertz CT molecular complexity index is 601. The smallest absolute Gasteiger partial charge is 0.272 e. The summed E-state index contributed by atoms with van der Waals surface area (Å²) in [4.78, 5) is 26.1. The molecule has 0 spiro atoms. The van der Waals surface area contributed by atoms with Crippen molar-refractivity contribution in [2.24, 2.45) is 0 Å². The van der Waals surface area contributed by atoms with Crippen LogP contribution < -0.4 is 0 Å². The number of piperazine rings is 1. The summed E-state index contributed by atoms with van der Waals surface area (Å²) in [5.74, 6) is -1.29. The van der Waals surface area contributed by atoms with Crippen LogP contribution in [0.25, 0.3) is 0 Å². The lowest BCUT2D eigenvalue weighted by atomic mass is 10.1. The molecular weight excluding hydrogens is 317 g/mol. The van der Waals surface area contributed by atoms with Crippen LogP contribution in [0.15, 0.2) is 18.2 Å². The molecule has 1 aromatic carbocycles. The van der Waals surface area contributed by atoms with E-state index < -0.39 is 16.6 Å². The van der Waals surface area contributed by atoms with Gasteiger partial charge in [0.05, 0.1) is 29.3 Å². The van der Waals surface area contributed by atoms with E-state index in [2.05, 4.69) is 4.90 Å². The zero-order chi connectivity index (χ0) is 17.7. The fourth-order valence-electron chi connectivity index (χ4n) is 2.55. The lowest BCUT2D eigenvalue weighted by Gasteiger charge is -2.34. The zero-order valence-electron chi connectivity index (χ0n) is 13.9. The van der Waals surface area contributed by atoms with Crippen LogP contribution in [0.1, 0.15) is 24.2 Å². The van der Waals surface area contributed by atoms with Gasteiger partial charge in [0.15, 0.2) is 0 Å². The van der Waals surface area contributed by atoms with Gasteiger partial charge in [-0.3, -0.25) is 19.8 Å². The molecule has 8 heteroatoms. The second-order valence-electron chi connectivity index (χ2n) is 5.97. The molecule has 1 heterocycles. The Kier molecular flexibility index (Phi) is 6.22. The Hall–Kier alpha value is -2.06. The number of rotatable bonds is 6. The van der Waals surface area contributed by atoms with Crippen molar-refractivity contribution in [3.63, 3.8) is 0 Å². The first-order valence-corrected chi connectivity index (χ1v) is 7.95. The first-order valence-electron chi connectivity index (χ1n) is 7.95. The number of non-ortho nitro benzene ring substituents is 1. The van der Waals surface area contributed by atoms with Gasteiger partial charge in [-0.1, -0.05) is 0 Å². The maximum Gasteiger partial charge on any atom is 0.272 e. The molecule has 0 aromatic heterocycles. The van der Waals surface area contributed by atoms with Crippen molar-refractivity contribution >= 4 is 11.6 Å². The molecule has 0 atom stereocenters. The Morgan fingerprint density at radius 3 is 2.54 bits per heavy atom. The molecule has 0 radical (unpaired) electrons. The molecule has 1 fully saturated rings. The molecule has 1 aromatic rings. The first-order chi connectivity index (χ1) is 11.4. The Labute approximate surface area is 140 Å². The molecule has 1 aliphatic heterocycles. The van der Waals surface area contributed by atoms with E-state index in [1.54, 1.807) is 4.90 Å². The highest BCUT2D eigenvalue weighted by Gasteiger charge is 2.25. The van der Waals surface area contributed by atoms with Gasteiger partial charge in [0, 0.05) is 38.8 Å². The summed E-state index contributed by atoms with van der Waals surface area (Å²) in [7, 11) is 0. The van der Waals surface area contributed by atoms with Crippen LogP contribution in [0.4, 0.5) is 10.1 Å². The van der Waals surface area contributed by atoms with Crippen molar-refractivity contribution in [2.45, 2.75) is 20.0 Å². The second-order valence-corrected chi connectivity index (χ2v) is 5.97. The molecule has 24 heavy (non-hydrogen) atoms. The highest BCUT2D eigenvalue weighted by atomic mass is 19.1. The van der Waals surface area contributed by atoms with E-state index in [0.29, 0.717) is 32.8 Å². The molecule has 1 saturated heterocycles. The third-order valence-electron chi connectivity index (χ3n) is 3.91. The van der Waals surface area contributed by atoms with Crippen LogP contribution >= 0.6 is 0 Å².